The summed E-state index contributed by atoms with van der Waals surface area (Å²) in [5.41, 5.74) is 0.817. The third-order valence-corrected chi connectivity index (χ3v) is 5.01. The summed E-state index contributed by atoms with van der Waals surface area (Å²) < 4.78 is 16.9. The largest absolute Gasteiger partial charge is 0.493 e. The SMILES string of the molecule is COc1cc(CNc2ncc([N+](=O)[O-])c(NC3CC3)n2)ccc1OC[C@H]1CCCO1. The summed E-state index contributed by atoms with van der Waals surface area (Å²) in [5.74, 6) is 1.86. The van der Waals surface area contributed by atoms with E-state index >= 15 is 0 Å². The van der Waals surface area contributed by atoms with Crippen molar-refractivity contribution in [2.24, 2.45) is 0 Å². The Morgan fingerprint density at radius 3 is 2.87 bits per heavy atom. The lowest BCUT2D eigenvalue weighted by Crippen LogP contribution is -2.16. The van der Waals surface area contributed by atoms with Gasteiger partial charge in [-0.05, 0) is 43.4 Å². The molecular weight excluding hydrogens is 390 g/mol. The molecule has 1 aliphatic heterocycles. The normalized spacial score (nSPS) is 18.1. The molecule has 0 unspecified atom stereocenters. The maximum Gasteiger partial charge on any atom is 0.329 e. The molecule has 160 valence electrons. The van der Waals surface area contributed by atoms with Crippen molar-refractivity contribution in [3.05, 3.63) is 40.1 Å². The van der Waals surface area contributed by atoms with Crippen LogP contribution in [0.5, 0.6) is 11.5 Å². The molecular formula is C20H25N5O5. The first-order chi connectivity index (χ1) is 14.6. The number of nitrogens with zero attached hydrogens (tertiary/aromatic N) is 3. The number of methoxy groups -OCH3 is 1. The van der Waals surface area contributed by atoms with Crippen LogP contribution in [0.4, 0.5) is 17.5 Å². The van der Waals surface area contributed by atoms with E-state index in [1.807, 2.05) is 18.2 Å². The highest BCUT2D eigenvalue weighted by Gasteiger charge is 2.26. The molecule has 0 spiro atoms. The number of hydrogen-bond donors (Lipinski definition) is 2. The van der Waals surface area contributed by atoms with Gasteiger partial charge in [0.1, 0.15) is 12.8 Å². The molecule has 2 aliphatic rings. The molecule has 1 saturated heterocycles. The van der Waals surface area contributed by atoms with Crippen LogP contribution < -0.4 is 20.1 Å². The molecule has 4 rings (SSSR count). The highest BCUT2D eigenvalue weighted by atomic mass is 16.6. The summed E-state index contributed by atoms with van der Waals surface area (Å²) in [6.45, 7) is 1.72. The van der Waals surface area contributed by atoms with Gasteiger partial charge in [-0.1, -0.05) is 6.07 Å². The molecule has 2 aromatic rings. The lowest BCUT2D eigenvalue weighted by Gasteiger charge is -2.15. The summed E-state index contributed by atoms with van der Waals surface area (Å²) in [7, 11) is 1.60. The minimum absolute atomic E-state index is 0.123. The number of ether oxygens (including phenoxy) is 3. The standard InChI is InChI=1S/C20H25N5O5/c1-28-18-9-13(4-7-17(18)30-12-15-3-2-8-29-15)10-21-20-22-11-16(25(26)27)19(24-20)23-14-5-6-14/h4,7,9,11,14-15H,2-3,5-6,8,10,12H2,1H3,(H2,21,22,23,24)/t15-/m1/s1. The number of benzene rings is 1. The van der Waals surface area contributed by atoms with Crippen LogP contribution in [0.2, 0.25) is 0 Å². The smallest absolute Gasteiger partial charge is 0.329 e. The first kappa shape index (κ1) is 20.1. The molecule has 1 aliphatic carbocycles. The summed E-state index contributed by atoms with van der Waals surface area (Å²) in [5, 5.41) is 17.4. The van der Waals surface area contributed by atoms with E-state index in [4.69, 9.17) is 14.2 Å². The minimum Gasteiger partial charge on any atom is -0.493 e. The maximum absolute atomic E-state index is 11.2. The Hall–Kier alpha value is -3.14. The van der Waals surface area contributed by atoms with Crippen molar-refractivity contribution < 1.29 is 19.1 Å². The van der Waals surface area contributed by atoms with Gasteiger partial charge < -0.3 is 24.8 Å². The second kappa shape index (κ2) is 9.12. The molecule has 1 saturated carbocycles. The maximum atomic E-state index is 11.2. The molecule has 1 aromatic heterocycles. The van der Waals surface area contributed by atoms with E-state index in [-0.39, 0.29) is 23.7 Å². The van der Waals surface area contributed by atoms with Crippen LogP contribution >= 0.6 is 0 Å². The molecule has 1 atom stereocenters. The van der Waals surface area contributed by atoms with Crippen molar-refractivity contribution in [1.29, 1.82) is 0 Å². The van der Waals surface area contributed by atoms with Crippen LogP contribution in [0.3, 0.4) is 0 Å². The fourth-order valence-corrected chi connectivity index (χ4v) is 3.20. The van der Waals surface area contributed by atoms with E-state index in [1.165, 1.54) is 6.20 Å². The molecule has 2 heterocycles. The van der Waals surface area contributed by atoms with Gasteiger partial charge in [-0.15, -0.1) is 0 Å². The Kier molecular flexibility index (Phi) is 6.12. The van der Waals surface area contributed by atoms with Crippen molar-refractivity contribution in [3.63, 3.8) is 0 Å². The zero-order chi connectivity index (χ0) is 20.9. The first-order valence-electron chi connectivity index (χ1n) is 10.1. The van der Waals surface area contributed by atoms with Gasteiger partial charge >= 0.3 is 5.69 Å². The van der Waals surface area contributed by atoms with Crippen molar-refractivity contribution in [1.82, 2.24) is 9.97 Å². The average molecular weight is 415 g/mol. The number of rotatable bonds is 10. The van der Waals surface area contributed by atoms with Crippen molar-refractivity contribution in [2.75, 3.05) is 31.0 Å². The van der Waals surface area contributed by atoms with E-state index in [2.05, 4.69) is 20.6 Å². The van der Waals surface area contributed by atoms with Crippen molar-refractivity contribution >= 4 is 17.5 Å². The second-order valence-electron chi connectivity index (χ2n) is 7.39. The summed E-state index contributed by atoms with van der Waals surface area (Å²) in [6.07, 6.45) is 5.42. The monoisotopic (exact) mass is 415 g/mol. The average Bonchev–Trinajstić information content (AvgIpc) is 3.41. The van der Waals surface area contributed by atoms with Crippen molar-refractivity contribution in [2.45, 2.75) is 44.4 Å². The van der Waals surface area contributed by atoms with E-state index in [0.717, 1.165) is 37.9 Å². The van der Waals surface area contributed by atoms with Crippen molar-refractivity contribution in [3.8, 4) is 11.5 Å². The van der Waals surface area contributed by atoms with Crippen LogP contribution in [-0.4, -0.2) is 47.4 Å². The number of nitro groups is 1. The predicted octanol–water partition coefficient (Wildman–Crippen LogP) is 3.14. The molecule has 0 radical (unpaired) electrons. The highest BCUT2D eigenvalue weighted by Crippen LogP contribution is 2.31. The Morgan fingerprint density at radius 1 is 1.30 bits per heavy atom. The Bertz CT molecular complexity index is 899. The predicted molar refractivity (Wildman–Crippen MR) is 110 cm³/mol. The topological polar surface area (TPSA) is 121 Å². The Morgan fingerprint density at radius 2 is 2.17 bits per heavy atom. The summed E-state index contributed by atoms with van der Waals surface area (Å²) in [6, 6.07) is 5.92. The Labute approximate surface area is 174 Å². The number of nitrogens with one attached hydrogen (secondary N) is 2. The van der Waals surface area contributed by atoms with Gasteiger partial charge in [0.25, 0.3) is 0 Å². The first-order valence-corrected chi connectivity index (χ1v) is 10.1. The Balaban J connectivity index is 1.39. The van der Waals surface area contributed by atoms with E-state index in [1.54, 1.807) is 7.11 Å². The van der Waals surface area contributed by atoms with Gasteiger partial charge in [0, 0.05) is 19.2 Å². The molecule has 30 heavy (non-hydrogen) atoms. The van der Waals surface area contributed by atoms with Gasteiger partial charge in [-0.25, -0.2) is 4.98 Å². The molecule has 2 N–H and O–H groups in total. The third kappa shape index (κ3) is 5.07. The molecule has 10 nitrogen and oxygen atoms in total. The summed E-state index contributed by atoms with van der Waals surface area (Å²) >= 11 is 0. The second-order valence-corrected chi connectivity index (χ2v) is 7.39. The number of aromatic nitrogens is 2. The molecule has 0 bridgehead atoms. The fraction of sp³-hybridized carbons (Fsp3) is 0.500. The molecule has 2 fully saturated rings. The minimum atomic E-state index is -0.477. The molecule has 1 aromatic carbocycles. The molecule has 0 amide bonds. The van der Waals surface area contributed by atoms with Crippen LogP contribution in [0.15, 0.2) is 24.4 Å². The van der Waals surface area contributed by atoms with Gasteiger partial charge in [-0.3, -0.25) is 10.1 Å². The summed E-state index contributed by atoms with van der Waals surface area (Å²) in [4.78, 5) is 19.0. The number of hydrogen-bond acceptors (Lipinski definition) is 9. The number of anilines is 2. The van der Waals surface area contributed by atoms with E-state index in [9.17, 15) is 10.1 Å². The van der Waals surface area contributed by atoms with Gasteiger partial charge in [-0.2, -0.15) is 4.98 Å². The van der Waals surface area contributed by atoms with E-state index in [0.29, 0.717) is 30.6 Å². The zero-order valence-electron chi connectivity index (χ0n) is 16.8. The van der Waals surface area contributed by atoms with Gasteiger partial charge in [0.2, 0.25) is 11.8 Å². The van der Waals surface area contributed by atoms with E-state index < -0.39 is 4.92 Å². The lowest BCUT2D eigenvalue weighted by molar-refractivity contribution is -0.384. The van der Waals surface area contributed by atoms with Crippen LogP contribution in [0, 0.1) is 10.1 Å². The molecule has 10 heteroatoms. The third-order valence-electron chi connectivity index (χ3n) is 5.01. The quantitative estimate of drug-likeness (QED) is 0.445. The lowest BCUT2D eigenvalue weighted by atomic mass is 10.2. The van der Waals surface area contributed by atoms with Crippen LogP contribution in [-0.2, 0) is 11.3 Å². The van der Waals surface area contributed by atoms with Crippen LogP contribution in [0.1, 0.15) is 31.2 Å². The van der Waals surface area contributed by atoms with Gasteiger partial charge in [0.05, 0.1) is 18.1 Å². The van der Waals surface area contributed by atoms with Gasteiger partial charge in [0.15, 0.2) is 11.5 Å². The highest BCUT2D eigenvalue weighted by molar-refractivity contribution is 5.58. The zero-order valence-corrected chi connectivity index (χ0v) is 16.8. The fourth-order valence-electron chi connectivity index (χ4n) is 3.20. The van der Waals surface area contributed by atoms with Crippen LogP contribution in [0.25, 0.3) is 0 Å².